The molecule has 0 aliphatic carbocycles. The van der Waals surface area contributed by atoms with E-state index in [0.29, 0.717) is 0 Å². The lowest BCUT2D eigenvalue weighted by Crippen LogP contribution is -2.47. The molecule has 0 aromatic heterocycles. The van der Waals surface area contributed by atoms with Crippen molar-refractivity contribution in [1.82, 2.24) is 4.72 Å². The molecule has 0 saturated carbocycles. The number of nitrogens with one attached hydrogen (secondary N) is 2. The van der Waals surface area contributed by atoms with E-state index in [0.717, 1.165) is 6.26 Å². The summed E-state index contributed by atoms with van der Waals surface area (Å²) >= 11 is 5.93. The lowest BCUT2D eigenvalue weighted by molar-refractivity contribution is -0.383. The minimum atomic E-state index is -3.38. The number of para-hydroxylation sites is 1. The summed E-state index contributed by atoms with van der Waals surface area (Å²) in [5.41, 5.74) is -0.809. The third-order valence-corrected chi connectivity index (χ3v) is 3.60. The van der Waals surface area contributed by atoms with E-state index in [1.807, 2.05) is 0 Å². The number of hydrogen-bond donors (Lipinski definition) is 2. The standard InChI is InChI=1S/C11H16ClN3O4S/c1-11(2,14-20(3,18)19)7-13-10-8(12)5-4-6-9(10)15(16)17/h4-6,13-14H,7H2,1-3H3. The Morgan fingerprint density at radius 2 is 2.00 bits per heavy atom. The molecule has 0 saturated heterocycles. The molecule has 0 unspecified atom stereocenters. The maximum absolute atomic E-state index is 11.2. The highest BCUT2D eigenvalue weighted by atomic mass is 35.5. The highest BCUT2D eigenvalue weighted by Crippen LogP contribution is 2.32. The van der Waals surface area contributed by atoms with Gasteiger partial charge in [0.25, 0.3) is 5.69 Å². The molecule has 0 amide bonds. The van der Waals surface area contributed by atoms with E-state index in [1.54, 1.807) is 13.8 Å². The zero-order valence-corrected chi connectivity index (χ0v) is 12.9. The molecular formula is C11H16ClN3O4S. The normalized spacial score (nSPS) is 12.2. The molecule has 0 bridgehead atoms. The summed E-state index contributed by atoms with van der Waals surface area (Å²) in [6.45, 7) is 3.46. The number of rotatable bonds is 6. The van der Waals surface area contributed by atoms with Crippen molar-refractivity contribution in [2.45, 2.75) is 19.4 Å². The monoisotopic (exact) mass is 321 g/mol. The second-order valence-corrected chi connectivity index (χ2v) is 7.16. The predicted octanol–water partition coefficient (Wildman–Crippen LogP) is 1.99. The Balaban J connectivity index is 2.93. The smallest absolute Gasteiger partial charge is 0.293 e. The van der Waals surface area contributed by atoms with Gasteiger partial charge in [-0.05, 0) is 19.9 Å². The van der Waals surface area contributed by atoms with Crippen LogP contribution in [0.4, 0.5) is 11.4 Å². The number of sulfonamides is 1. The second-order valence-electron chi connectivity index (χ2n) is 5.00. The second kappa shape index (κ2) is 5.94. The Hall–Kier alpha value is -1.38. The van der Waals surface area contributed by atoms with Gasteiger partial charge in [0.1, 0.15) is 5.69 Å². The fourth-order valence-electron chi connectivity index (χ4n) is 1.69. The van der Waals surface area contributed by atoms with Crippen LogP contribution >= 0.6 is 11.6 Å². The topological polar surface area (TPSA) is 101 Å². The molecular weight excluding hydrogens is 306 g/mol. The molecule has 0 aliphatic heterocycles. The van der Waals surface area contributed by atoms with Gasteiger partial charge in [0, 0.05) is 18.2 Å². The molecule has 9 heteroatoms. The van der Waals surface area contributed by atoms with Gasteiger partial charge in [-0.25, -0.2) is 13.1 Å². The molecule has 2 N–H and O–H groups in total. The van der Waals surface area contributed by atoms with Crippen LogP contribution in [0.3, 0.4) is 0 Å². The first-order valence-corrected chi connectivity index (χ1v) is 7.94. The van der Waals surface area contributed by atoms with Crippen molar-refractivity contribution in [2.24, 2.45) is 0 Å². The lowest BCUT2D eigenvalue weighted by atomic mass is 10.1. The van der Waals surface area contributed by atoms with Gasteiger partial charge in [-0.3, -0.25) is 10.1 Å². The van der Waals surface area contributed by atoms with Gasteiger partial charge in [0.05, 0.1) is 16.2 Å². The van der Waals surface area contributed by atoms with Crippen molar-refractivity contribution in [3.8, 4) is 0 Å². The van der Waals surface area contributed by atoms with Gasteiger partial charge in [0.15, 0.2) is 0 Å². The molecule has 1 aromatic rings. The third kappa shape index (κ3) is 4.95. The van der Waals surface area contributed by atoms with Crippen LogP contribution in [0.5, 0.6) is 0 Å². The van der Waals surface area contributed by atoms with E-state index in [4.69, 9.17) is 11.6 Å². The van der Waals surface area contributed by atoms with Crippen LogP contribution in [-0.4, -0.2) is 31.7 Å². The number of hydrogen-bond acceptors (Lipinski definition) is 5. The zero-order valence-electron chi connectivity index (χ0n) is 11.3. The van der Waals surface area contributed by atoms with Gasteiger partial charge in [-0.1, -0.05) is 17.7 Å². The average molecular weight is 322 g/mol. The largest absolute Gasteiger partial charge is 0.376 e. The molecule has 0 radical (unpaired) electrons. The number of nitro groups is 1. The van der Waals surface area contributed by atoms with E-state index in [2.05, 4.69) is 10.0 Å². The minimum absolute atomic E-state index is 0.143. The van der Waals surface area contributed by atoms with Crippen molar-refractivity contribution >= 4 is 33.0 Å². The van der Waals surface area contributed by atoms with Crippen LogP contribution in [0.2, 0.25) is 5.02 Å². The van der Waals surface area contributed by atoms with Gasteiger partial charge in [-0.15, -0.1) is 0 Å². The van der Waals surface area contributed by atoms with Crippen molar-refractivity contribution in [2.75, 3.05) is 18.1 Å². The van der Waals surface area contributed by atoms with Crippen LogP contribution in [0.15, 0.2) is 18.2 Å². The maximum Gasteiger partial charge on any atom is 0.293 e. The average Bonchev–Trinajstić information content (AvgIpc) is 2.23. The fourth-order valence-corrected chi connectivity index (χ4v) is 3.00. The minimum Gasteiger partial charge on any atom is -0.376 e. The molecule has 112 valence electrons. The number of anilines is 1. The quantitative estimate of drug-likeness (QED) is 0.616. The van der Waals surface area contributed by atoms with Gasteiger partial charge < -0.3 is 5.32 Å². The maximum atomic E-state index is 11.2. The summed E-state index contributed by atoms with van der Waals surface area (Å²) in [7, 11) is -3.38. The fraction of sp³-hybridized carbons (Fsp3) is 0.455. The molecule has 7 nitrogen and oxygen atoms in total. The Morgan fingerprint density at radius 3 is 2.50 bits per heavy atom. The summed E-state index contributed by atoms with van der Waals surface area (Å²) in [6.07, 6.45) is 1.05. The molecule has 1 aromatic carbocycles. The predicted molar refractivity (Wildman–Crippen MR) is 78.7 cm³/mol. The van der Waals surface area contributed by atoms with E-state index in [-0.39, 0.29) is 22.9 Å². The third-order valence-electron chi connectivity index (χ3n) is 2.36. The highest BCUT2D eigenvalue weighted by molar-refractivity contribution is 7.88. The van der Waals surface area contributed by atoms with Crippen LogP contribution < -0.4 is 10.0 Å². The zero-order chi connectivity index (χ0) is 15.6. The van der Waals surface area contributed by atoms with Crippen LogP contribution in [0, 0.1) is 10.1 Å². The summed E-state index contributed by atoms with van der Waals surface area (Å²) in [6, 6.07) is 4.32. The molecule has 0 heterocycles. The van der Waals surface area contributed by atoms with Gasteiger partial charge >= 0.3 is 0 Å². The number of benzene rings is 1. The van der Waals surface area contributed by atoms with Crippen LogP contribution in [0.1, 0.15) is 13.8 Å². The van der Waals surface area contributed by atoms with E-state index in [9.17, 15) is 18.5 Å². The number of halogens is 1. The van der Waals surface area contributed by atoms with E-state index in [1.165, 1.54) is 18.2 Å². The summed E-state index contributed by atoms with van der Waals surface area (Å²) < 4.78 is 24.9. The van der Waals surface area contributed by atoms with Crippen LogP contribution in [0.25, 0.3) is 0 Å². The summed E-state index contributed by atoms with van der Waals surface area (Å²) in [5, 5.41) is 14.0. The molecule has 0 atom stereocenters. The van der Waals surface area contributed by atoms with E-state index < -0.39 is 20.5 Å². The van der Waals surface area contributed by atoms with Crippen molar-refractivity contribution in [3.05, 3.63) is 33.3 Å². The Bertz CT molecular complexity index is 616. The number of nitro benzene ring substituents is 1. The molecule has 1 rings (SSSR count). The molecule has 0 fully saturated rings. The molecule has 20 heavy (non-hydrogen) atoms. The molecule has 0 spiro atoms. The van der Waals surface area contributed by atoms with Crippen molar-refractivity contribution in [1.29, 1.82) is 0 Å². The summed E-state index contributed by atoms with van der Waals surface area (Å²) in [4.78, 5) is 10.4. The highest BCUT2D eigenvalue weighted by Gasteiger charge is 2.24. The lowest BCUT2D eigenvalue weighted by Gasteiger charge is -2.26. The Labute approximate surface area is 122 Å². The van der Waals surface area contributed by atoms with Crippen molar-refractivity contribution < 1.29 is 13.3 Å². The van der Waals surface area contributed by atoms with Gasteiger partial charge in [0.2, 0.25) is 10.0 Å². The first kappa shape index (κ1) is 16.7. The Morgan fingerprint density at radius 1 is 1.40 bits per heavy atom. The first-order chi connectivity index (χ1) is 9.02. The molecule has 0 aliphatic rings. The van der Waals surface area contributed by atoms with Gasteiger partial charge in [-0.2, -0.15) is 0 Å². The SMILES string of the molecule is CC(C)(CNc1c(Cl)cccc1[N+](=O)[O-])NS(C)(=O)=O. The van der Waals surface area contributed by atoms with Crippen LogP contribution in [-0.2, 0) is 10.0 Å². The Kier molecular flexibility index (Phi) is 4.95. The summed E-state index contributed by atoms with van der Waals surface area (Å²) in [5.74, 6) is 0. The van der Waals surface area contributed by atoms with E-state index >= 15 is 0 Å². The number of nitrogens with zero attached hydrogens (tertiary/aromatic N) is 1. The first-order valence-electron chi connectivity index (χ1n) is 5.67. The van der Waals surface area contributed by atoms with Crippen molar-refractivity contribution in [3.63, 3.8) is 0 Å².